The van der Waals surface area contributed by atoms with Crippen molar-refractivity contribution in [3.8, 4) is 5.75 Å². The zero-order chi connectivity index (χ0) is 22.3. The maximum atomic E-state index is 13.6. The quantitative estimate of drug-likeness (QED) is 0.267. The molecule has 0 saturated carbocycles. The second-order valence-corrected chi connectivity index (χ2v) is 8.17. The van der Waals surface area contributed by atoms with Gasteiger partial charge < -0.3 is 15.4 Å². The summed E-state index contributed by atoms with van der Waals surface area (Å²) in [5, 5.41) is 16.5. The number of nitrogens with one attached hydrogen (secondary N) is 2. The van der Waals surface area contributed by atoms with Gasteiger partial charge in [0.05, 0.1) is 16.9 Å². The average Bonchev–Trinajstić information content (AvgIpc) is 2.69. The predicted molar refractivity (Wildman–Crippen MR) is 110 cm³/mol. The molecule has 0 spiro atoms. The van der Waals surface area contributed by atoms with Gasteiger partial charge in [-0.1, -0.05) is 6.07 Å². The summed E-state index contributed by atoms with van der Waals surface area (Å²) in [5.74, 6) is -0.885. The van der Waals surface area contributed by atoms with Crippen LogP contribution in [-0.2, 0) is 14.6 Å². The molecule has 0 heterocycles. The molecule has 11 heteroatoms. The van der Waals surface area contributed by atoms with Gasteiger partial charge in [-0.2, -0.15) is 0 Å². The summed E-state index contributed by atoms with van der Waals surface area (Å²) in [6.07, 6.45) is 3.62. The van der Waals surface area contributed by atoms with Crippen molar-refractivity contribution < 1.29 is 27.3 Å². The van der Waals surface area contributed by atoms with Gasteiger partial charge in [-0.25, -0.2) is 12.8 Å². The number of halogens is 1. The number of benzene rings is 2. The van der Waals surface area contributed by atoms with E-state index < -0.39 is 26.5 Å². The summed E-state index contributed by atoms with van der Waals surface area (Å²) in [6, 6.07) is 7.80. The van der Waals surface area contributed by atoms with E-state index >= 15 is 0 Å². The summed E-state index contributed by atoms with van der Waals surface area (Å²) in [5.41, 5.74) is 0.222. The Balaban J connectivity index is 1.91. The molecule has 30 heavy (non-hydrogen) atoms. The molecule has 0 atom stereocenters. The van der Waals surface area contributed by atoms with E-state index in [0.717, 1.165) is 12.3 Å². The first kappa shape index (κ1) is 22.8. The molecule has 0 bridgehead atoms. The summed E-state index contributed by atoms with van der Waals surface area (Å²) in [7, 11) is -2.22. The minimum absolute atomic E-state index is 0.0985. The van der Waals surface area contributed by atoms with E-state index in [1.165, 1.54) is 43.5 Å². The Kier molecular flexibility index (Phi) is 7.48. The van der Waals surface area contributed by atoms with Crippen LogP contribution in [0.3, 0.4) is 0 Å². The molecule has 0 aliphatic carbocycles. The molecule has 0 fully saturated rings. The lowest BCUT2D eigenvalue weighted by atomic mass is 10.2. The van der Waals surface area contributed by atoms with Crippen molar-refractivity contribution in [1.82, 2.24) is 5.32 Å². The van der Waals surface area contributed by atoms with Crippen molar-refractivity contribution in [2.45, 2.75) is 4.90 Å². The lowest BCUT2D eigenvalue weighted by molar-refractivity contribution is -0.384. The number of hydrogen-bond donors (Lipinski definition) is 2. The van der Waals surface area contributed by atoms with Crippen molar-refractivity contribution >= 4 is 33.2 Å². The van der Waals surface area contributed by atoms with Crippen LogP contribution in [0.15, 0.2) is 47.4 Å². The van der Waals surface area contributed by atoms with Gasteiger partial charge in [0.2, 0.25) is 5.91 Å². The molecule has 2 N–H and O–H groups in total. The molecule has 1 amide bonds. The largest absolute Gasteiger partial charge is 0.494 e. The molecule has 2 aromatic rings. The molecule has 0 saturated heterocycles. The molecule has 160 valence electrons. The fourth-order valence-electron chi connectivity index (χ4n) is 2.44. The number of carbonyl (C=O) groups is 1. The SMILES string of the molecule is COc1ccc(/C=C/C(=O)NCCNc2ccc(S(C)(=O)=O)cc2[N+](=O)[O-])cc1F. The Bertz CT molecular complexity index is 1090. The normalized spacial score (nSPS) is 11.3. The van der Waals surface area contributed by atoms with Gasteiger partial charge in [0.25, 0.3) is 5.69 Å². The predicted octanol–water partition coefficient (Wildman–Crippen LogP) is 2.39. The second-order valence-electron chi connectivity index (χ2n) is 6.15. The number of nitro benzene ring substituents is 1. The summed E-state index contributed by atoms with van der Waals surface area (Å²) < 4.78 is 41.5. The minimum Gasteiger partial charge on any atom is -0.494 e. The zero-order valence-corrected chi connectivity index (χ0v) is 17.0. The van der Waals surface area contributed by atoms with Crippen LogP contribution in [0.5, 0.6) is 5.75 Å². The van der Waals surface area contributed by atoms with Crippen LogP contribution >= 0.6 is 0 Å². The standard InChI is InChI=1S/C19H20FN3O6S/c1-29-18-7-3-13(11-15(18)20)4-8-19(24)22-10-9-21-16-6-5-14(30(2,27)28)12-17(16)23(25)26/h3-8,11-12,21H,9-10H2,1-2H3,(H,22,24)/b8-4+. The highest BCUT2D eigenvalue weighted by molar-refractivity contribution is 7.90. The Morgan fingerprint density at radius 3 is 2.57 bits per heavy atom. The van der Waals surface area contributed by atoms with Crippen LogP contribution in [0.4, 0.5) is 15.8 Å². The third-order valence-electron chi connectivity index (χ3n) is 3.94. The minimum atomic E-state index is -3.58. The van der Waals surface area contributed by atoms with Crippen LogP contribution in [-0.4, -0.2) is 45.7 Å². The van der Waals surface area contributed by atoms with Gasteiger partial charge >= 0.3 is 0 Å². The number of rotatable bonds is 9. The van der Waals surface area contributed by atoms with E-state index in [4.69, 9.17) is 4.74 Å². The molecule has 2 aromatic carbocycles. The number of hydrogen-bond acceptors (Lipinski definition) is 7. The number of nitro groups is 1. The molecular formula is C19H20FN3O6S. The van der Waals surface area contributed by atoms with Crippen LogP contribution in [0.25, 0.3) is 6.08 Å². The van der Waals surface area contributed by atoms with Crippen molar-refractivity contribution in [1.29, 1.82) is 0 Å². The van der Waals surface area contributed by atoms with Gasteiger partial charge in [0.15, 0.2) is 21.4 Å². The Morgan fingerprint density at radius 2 is 1.97 bits per heavy atom. The van der Waals surface area contributed by atoms with Gasteiger partial charge in [-0.15, -0.1) is 0 Å². The number of methoxy groups -OCH3 is 1. The third-order valence-corrected chi connectivity index (χ3v) is 5.05. The van der Waals surface area contributed by atoms with E-state index in [1.807, 2.05) is 0 Å². The van der Waals surface area contributed by atoms with Gasteiger partial charge in [0.1, 0.15) is 5.69 Å². The highest BCUT2D eigenvalue weighted by Gasteiger charge is 2.18. The van der Waals surface area contributed by atoms with Gasteiger partial charge in [-0.05, 0) is 35.9 Å². The number of sulfone groups is 1. The van der Waals surface area contributed by atoms with E-state index in [1.54, 1.807) is 6.07 Å². The van der Waals surface area contributed by atoms with Crippen LogP contribution in [0.1, 0.15) is 5.56 Å². The molecule has 0 aromatic heterocycles. The fourth-order valence-corrected chi connectivity index (χ4v) is 3.08. The lowest BCUT2D eigenvalue weighted by Crippen LogP contribution is -2.27. The van der Waals surface area contributed by atoms with E-state index in [9.17, 15) is 27.7 Å². The van der Waals surface area contributed by atoms with Crippen molar-refractivity contribution in [2.24, 2.45) is 0 Å². The number of anilines is 1. The molecule has 0 aliphatic rings. The first-order valence-corrected chi connectivity index (χ1v) is 10.5. The smallest absolute Gasteiger partial charge is 0.293 e. The highest BCUT2D eigenvalue weighted by atomic mass is 32.2. The van der Waals surface area contributed by atoms with Gasteiger partial charge in [-0.3, -0.25) is 14.9 Å². The first-order valence-electron chi connectivity index (χ1n) is 8.63. The Hall–Kier alpha value is -3.47. The number of amides is 1. The molecule has 0 radical (unpaired) electrons. The highest BCUT2D eigenvalue weighted by Crippen LogP contribution is 2.27. The maximum absolute atomic E-state index is 13.6. The fraction of sp³-hybridized carbons (Fsp3) is 0.211. The monoisotopic (exact) mass is 437 g/mol. The van der Waals surface area contributed by atoms with E-state index in [2.05, 4.69) is 10.6 Å². The van der Waals surface area contributed by atoms with Crippen LogP contribution in [0.2, 0.25) is 0 Å². The molecular weight excluding hydrogens is 417 g/mol. The number of ether oxygens (including phenoxy) is 1. The third kappa shape index (κ3) is 6.27. The first-order chi connectivity index (χ1) is 14.1. The second kappa shape index (κ2) is 9.83. The van der Waals surface area contributed by atoms with Crippen molar-refractivity contribution in [2.75, 3.05) is 31.8 Å². The number of carbonyl (C=O) groups excluding carboxylic acids is 1. The Labute approximate surface area is 172 Å². The van der Waals surface area contributed by atoms with Crippen LogP contribution < -0.4 is 15.4 Å². The lowest BCUT2D eigenvalue weighted by Gasteiger charge is -2.08. The maximum Gasteiger partial charge on any atom is 0.293 e. The summed E-state index contributed by atoms with van der Waals surface area (Å²) >= 11 is 0. The molecule has 9 nitrogen and oxygen atoms in total. The number of nitrogens with zero attached hydrogens (tertiary/aromatic N) is 1. The average molecular weight is 437 g/mol. The van der Waals surface area contributed by atoms with Crippen molar-refractivity contribution in [3.63, 3.8) is 0 Å². The van der Waals surface area contributed by atoms with Crippen molar-refractivity contribution in [3.05, 3.63) is 64.0 Å². The van der Waals surface area contributed by atoms with E-state index in [-0.39, 0.29) is 35.1 Å². The summed E-state index contributed by atoms with van der Waals surface area (Å²) in [6.45, 7) is 0.306. The van der Waals surface area contributed by atoms with Gasteiger partial charge in [0, 0.05) is 31.5 Å². The zero-order valence-electron chi connectivity index (χ0n) is 16.2. The van der Waals surface area contributed by atoms with Crippen LogP contribution in [0, 0.1) is 15.9 Å². The molecule has 0 aliphatic heterocycles. The molecule has 0 unspecified atom stereocenters. The molecule has 2 rings (SSSR count). The summed E-state index contributed by atoms with van der Waals surface area (Å²) in [4.78, 5) is 22.2. The Morgan fingerprint density at radius 1 is 1.23 bits per heavy atom. The van der Waals surface area contributed by atoms with E-state index in [0.29, 0.717) is 5.56 Å². The topological polar surface area (TPSA) is 128 Å².